The molecular weight excluding hydrogens is 220 g/mol. The second kappa shape index (κ2) is 5.11. The lowest BCUT2D eigenvalue weighted by atomic mass is 10.5. The molecule has 0 atom stereocenters. The third kappa shape index (κ3) is 3.50. The van der Waals surface area contributed by atoms with Crippen molar-refractivity contribution in [1.82, 2.24) is 9.80 Å². The van der Waals surface area contributed by atoms with Crippen LogP contribution in [0, 0.1) is 0 Å². The predicted octanol–water partition coefficient (Wildman–Crippen LogP) is -0.813. The van der Waals surface area contributed by atoms with Crippen LogP contribution in [0.4, 0.5) is 4.79 Å². The van der Waals surface area contributed by atoms with Crippen LogP contribution in [-0.2, 0) is 15.6 Å². The molecule has 15 heavy (non-hydrogen) atoms. The predicted molar refractivity (Wildman–Crippen MR) is 55.1 cm³/mol. The number of hydrogen-bond donors (Lipinski definition) is 1. The zero-order valence-electron chi connectivity index (χ0n) is 8.51. The highest BCUT2D eigenvalue weighted by Gasteiger charge is 2.23. The van der Waals surface area contributed by atoms with Crippen LogP contribution < -0.4 is 0 Å². The van der Waals surface area contributed by atoms with Gasteiger partial charge in [0.1, 0.15) is 6.54 Å². The van der Waals surface area contributed by atoms with Crippen molar-refractivity contribution >= 4 is 22.8 Å². The first kappa shape index (κ1) is 12.0. The number of hydrogen-bond acceptors (Lipinski definition) is 3. The lowest BCUT2D eigenvalue weighted by molar-refractivity contribution is -0.137. The van der Waals surface area contributed by atoms with Gasteiger partial charge < -0.3 is 14.9 Å². The van der Waals surface area contributed by atoms with Gasteiger partial charge in [-0.05, 0) is 0 Å². The van der Waals surface area contributed by atoms with Gasteiger partial charge in [0.05, 0.1) is 0 Å². The number of carbonyl (C=O) groups is 2. The maximum Gasteiger partial charge on any atom is 0.323 e. The van der Waals surface area contributed by atoms with Crippen LogP contribution in [0.5, 0.6) is 0 Å². The molecule has 0 aromatic heterocycles. The summed E-state index contributed by atoms with van der Waals surface area (Å²) in [6, 6.07) is -0.311. The number of urea groups is 1. The van der Waals surface area contributed by atoms with Crippen LogP contribution in [0.2, 0.25) is 0 Å². The van der Waals surface area contributed by atoms with E-state index in [1.807, 2.05) is 0 Å². The summed E-state index contributed by atoms with van der Waals surface area (Å²) in [4.78, 5) is 24.7. The lowest BCUT2D eigenvalue weighted by Crippen LogP contribution is -2.48. The van der Waals surface area contributed by atoms with Crippen molar-refractivity contribution < 1.29 is 18.9 Å². The quantitative estimate of drug-likeness (QED) is 0.677. The van der Waals surface area contributed by atoms with Gasteiger partial charge in [-0.1, -0.05) is 0 Å². The fourth-order valence-corrected chi connectivity index (χ4v) is 2.39. The Bertz CT molecular complexity index is 284. The minimum absolute atomic E-state index is 0.307. The maximum atomic E-state index is 11.6. The van der Waals surface area contributed by atoms with Crippen LogP contribution in [0.1, 0.15) is 0 Å². The van der Waals surface area contributed by atoms with Gasteiger partial charge in [-0.25, -0.2) is 4.79 Å². The Morgan fingerprint density at radius 1 is 1.40 bits per heavy atom. The maximum absolute atomic E-state index is 11.6. The molecule has 1 aliphatic rings. The van der Waals surface area contributed by atoms with E-state index in [0.717, 1.165) is 4.90 Å². The van der Waals surface area contributed by atoms with Gasteiger partial charge in [-0.2, -0.15) is 0 Å². The zero-order chi connectivity index (χ0) is 11.4. The summed E-state index contributed by atoms with van der Waals surface area (Å²) in [7, 11) is 0.616. The number of nitrogens with zero attached hydrogens (tertiary/aromatic N) is 2. The third-order valence-corrected chi connectivity index (χ3v) is 3.42. The first-order valence-corrected chi connectivity index (χ1v) is 6.06. The molecule has 1 saturated heterocycles. The second-order valence-electron chi connectivity index (χ2n) is 3.37. The third-order valence-electron chi connectivity index (χ3n) is 2.15. The highest BCUT2D eigenvalue weighted by Crippen LogP contribution is 2.03. The summed E-state index contributed by atoms with van der Waals surface area (Å²) in [5.41, 5.74) is 0. The topological polar surface area (TPSA) is 77.9 Å². The molecule has 2 amide bonds. The second-order valence-corrected chi connectivity index (χ2v) is 5.06. The minimum Gasteiger partial charge on any atom is -0.480 e. The summed E-state index contributed by atoms with van der Waals surface area (Å²) in [6.07, 6.45) is 0. The zero-order valence-corrected chi connectivity index (χ0v) is 9.33. The molecule has 1 heterocycles. The van der Waals surface area contributed by atoms with Gasteiger partial charge >= 0.3 is 12.0 Å². The Hall–Kier alpha value is -1.11. The van der Waals surface area contributed by atoms with Crippen molar-refractivity contribution in [2.24, 2.45) is 0 Å². The number of carboxylic acid groups (broad SMARTS) is 1. The fourth-order valence-electron chi connectivity index (χ4n) is 1.34. The highest BCUT2D eigenvalue weighted by atomic mass is 32.2. The van der Waals surface area contributed by atoms with Crippen molar-refractivity contribution in [3.8, 4) is 0 Å². The van der Waals surface area contributed by atoms with Gasteiger partial charge in [-0.15, -0.1) is 0 Å². The number of aliphatic carboxylic acids is 1. The molecule has 7 heteroatoms. The molecule has 1 rings (SSSR count). The number of amides is 2. The molecule has 1 aliphatic heterocycles. The fraction of sp³-hybridized carbons (Fsp3) is 0.750. The number of carbonyl (C=O) groups excluding carboxylic acids is 1. The molecule has 0 spiro atoms. The lowest BCUT2D eigenvalue weighted by Gasteiger charge is -2.29. The van der Waals surface area contributed by atoms with Crippen molar-refractivity contribution in [2.45, 2.75) is 0 Å². The monoisotopic (exact) mass is 234 g/mol. The Morgan fingerprint density at radius 2 is 1.93 bits per heavy atom. The van der Waals surface area contributed by atoms with E-state index >= 15 is 0 Å². The number of likely N-dealkylation sites (N-methyl/N-ethyl adjacent to an activating group) is 1. The summed E-state index contributed by atoms with van der Waals surface area (Å²) in [6.45, 7) is 0.573. The van der Waals surface area contributed by atoms with E-state index in [9.17, 15) is 13.8 Å². The normalized spacial score (nSPS) is 17.5. The first-order chi connectivity index (χ1) is 7.00. The summed E-state index contributed by atoms with van der Waals surface area (Å²) >= 11 is 0. The average molecular weight is 234 g/mol. The largest absolute Gasteiger partial charge is 0.480 e. The van der Waals surface area contributed by atoms with Crippen molar-refractivity contribution in [1.29, 1.82) is 0 Å². The molecule has 0 radical (unpaired) electrons. The van der Waals surface area contributed by atoms with Crippen LogP contribution in [0.3, 0.4) is 0 Å². The molecule has 1 fully saturated rings. The van der Waals surface area contributed by atoms with Gasteiger partial charge in [0.25, 0.3) is 0 Å². The molecule has 0 unspecified atom stereocenters. The Balaban J connectivity index is 2.46. The van der Waals surface area contributed by atoms with E-state index in [1.165, 1.54) is 11.9 Å². The van der Waals surface area contributed by atoms with E-state index in [0.29, 0.717) is 24.6 Å². The Kier molecular flexibility index (Phi) is 4.07. The van der Waals surface area contributed by atoms with Gasteiger partial charge in [0.2, 0.25) is 0 Å². The van der Waals surface area contributed by atoms with Gasteiger partial charge in [0.15, 0.2) is 0 Å². The Labute approximate surface area is 90.3 Å². The smallest absolute Gasteiger partial charge is 0.323 e. The standard InChI is InChI=1S/C8H14N2O4S/c1-9(6-7(11)12)8(13)10-2-4-15(14)5-3-10/h2-6H2,1H3,(H,11,12). The van der Waals surface area contributed by atoms with E-state index in [-0.39, 0.29) is 12.6 Å². The molecule has 0 aliphatic carbocycles. The van der Waals surface area contributed by atoms with Gasteiger partial charge in [-0.3, -0.25) is 9.00 Å². The summed E-state index contributed by atoms with van der Waals surface area (Å²) < 4.78 is 11.0. The number of carboxylic acids is 1. The molecule has 0 aromatic carbocycles. The van der Waals surface area contributed by atoms with E-state index in [1.54, 1.807) is 0 Å². The van der Waals surface area contributed by atoms with E-state index < -0.39 is 16.8 Å². The van der Waals surface area contributed by atoms with Crippen molar-refractivity contribution in [2.75, 3.05) is 38.2 Å². The van der Waals surface area contributed by atoms with Crippen molar-refractivity contribution in [3.05, 3.63) is 0 Å². The summed E-state index contributed by atoms with van der Waals surface area (Å²) in [5, 5.41) is 8.51. The molecular formula is C8H14N2O4S. The first-order valence-electron chi connectivity index (χ1n) is 4.57. The van der Waals surface area contributed by atoms with Crippen LogP contribution in [0.15, 0.2) is 0 Å². The minimum atomic E-state index is -1.04. The van der Waals surface area contributed by atoms with Gasteiger partial charge in [0, 0.05) is 42.4 Å². The van der Waals surface area contributed by atoms with Crippen LogP contribution in [0.25, 0.3) is 0 Å². The molecule has 6 nitrogen and oxygen atoms in total. The van der Waals surface area contributed by atoms with Crippen LogP contribution in [-0.4, -0.2) is 69.3 Å². The summed E-state index contributed by atoms with van der Waals surface area (Å²) in [5.74, 6) is -0.0781. The van der Waals surface area contributed by atoms with Crippen molar-refractivity contribution in [3.63, 3.8) is 0 Å². The highest BCUT2D eigenvalue weighted by molar-refractivity contribution is 7.85. The average Bonchev–Trinajstić information content (AvgIpc) is 2.17. The van der Waals surface area contributed by atoms with Crippen LogP contribution >= 0.6 is 0 Å². The molecule has 0 saturated carbocycles. The molecule has 86 valence electrons. The molecule has 0 aromatic rings. The van der Waals surface area contributed by atoms with E-state index in [4.69, 9.17) is 5.11 Å². The number of rotatable bonds is 2. The SMILES string of the molecule is CN(CC(=O)O)C(=O)N1CCS(=O)CC1. The Morgan fingerprint density at radius 3 is 2.40 bits per heavy atom. The van der Waals surface area contributed by atoms with E-state index in [2.05, 4.69) is 0 Å². The molecule has 0 bridgehead atoms. The molecule has 1 N–H and O–H groups in total.